The van der Waals surface area contributed by atoms with Crippen molar-refractivity contribution in [2.24, 2.45) is 0 Å². The molecule has 0 aliphatic carbocycles. The number of rotatable bonds is 11. The quantitative estimate of drug-likeness (QED) is 0.120. The molecule has 220 valence electrons. The van der Waals surface area contributed by atoms with Gasteiger partial charge in [0.1, 0.15) is 11.4 Å². The number of hydrogen-bond donors (Lipinski definition) is 3. The van der Waals surface area contributed by atoms with Gasteiger partial charge >= 0.3 is 0 Å². The van der Waals surface area contributed by atoms with Crippen LogP contribution in [-0.2, 0) is 9.59 Å². The number of nitrogens with one attached hydrogen (secondary N) is 3. The molecule has 4 aromatic rings. The lowest BCUT2D eigenvalue weighted by Crippen LogP contribution is -2.30. The second-order valence-corrected chi connectivity index (χ2v) is 11.3. The molecule has 3 N–H and O–H groups in total. The van der Waals surface area contributed by atoms with E-state index in [-0.39, 0.29) is 11.6 Å². The van der Waals surface area contributed by atoms with E-state index in [0.717, 1.165) is 16.0 Å². The number of anilines is 2. The number of methoxy groups -OCH3 is 1. The molecule has 7 nitrogen and oxygen atoms in total. The molecule has 9 heteroatoms. The molecule has 0 saturated carbocycles. The van der Waals surface area contributed by atoms with Gasteiger partial charge in [0.05, 0.1) is 17.4 Å². The van der Waals surface area contributed by atoms with E-state index >= 15 is 0 Å². The molecule has 4 aromatic carbocycles. The summed E-state index contributed by atoms with van der Waals surface area (Å²) in [4.78, 5) is 40.2. The molecule has 1 unspecified atom stereocenters. The number of ether oxygens (including phenoxy) is 1. The Morgan fingerprint density at radius 1 is 0.884 bits per heavy atom. The van der Waals surface area contributed by atoms with E-state index in [0.29, 0.717) is 34.1 Å². The summed E-state index contributed by atoms with van der Waals surface area (Å²) in [6.45, 7) is 3.91. The third-order valence-electron chi connectivity index (χ3n) is 6.37. The van der Waals surface area contributed by atoms with Gasteiger partial charge in [-0.3, -0.25) is 14.4 Å². The highest BCUT2D eigenvalue weighted by Crippen LogP contribution is 2.31. The van der Waals surface area contributed by atoms with E-state index < -0.39 is 17.1 Å². The zero-order valence-electron chi connectivity index (χ0n) is 24.0. The lowest BCUT2D eigenvalue weighted by Gasteiger charge is -2.16. The predicted molar refractivity (Wildman–Crippen MR) is 175 cm³/mol. The molecule has 0 aliphatic rings. The third-order valence-corrected chi connectivity index (χ3v) is 8.02. The Morgan fingerprint density at radius 2 is 1.60 bits per heavy atom. The van der Waals surface area contributed by atoms with Crippen LogP contribution in [0.3, 0.4) is 0 Å². The van der Waals surface area contributed by atoms with Gasteiger partial charge in [-0.15, -0.1) is 11.8 Å². The summed E-state index contributed by atoms with van der Waals surface area (Å²) in [5.41, 5.74) is 3.47. The van der Waals surface area contributed by atoms with Gasteiger partial charge in [-0.05, 0) is 73.5 Å². The fourth-order valence-corrected chi connectivity index (χ4v) is 5.34. The van der Waals surface area contributed by atoms with Crippen LogP contribution in [-0.4, -0.2) is 30.1 Å². The molecular formula is C34H32ClN3O4S. The number of carbonyl (C=O) groups is 3. The smallest absolute Gasteiger partial charge is 0.272 e. The van der Waals surface area contributed by atoms with Crippen molar-refractivity contribution in [3.05, 3.63) is 124 Å². The molecule has 0 aromatic heterocycles. The molecule has 0 bridgehead atoms. The van der Waals surface area contributed by atoms with E-state index in [9.17, 15) is 14.4 Å². The Bertz CT molecular complexity index is 1620. The molecule has 4 rings (SSSR count). The minimum absolute atomic E-state index is 0.0970. The number of aryl methyl sites for hydroxylation is 1. The third kappa shape index (κ3) is 8.98. The van der Waals surface area contributed by atoms with Gasteiger partial charge in [0.15, 0.2) is 0 Å². The van der Waals surface area contributed by atoms with Gasteiger partial charge in [-0.1, -0.05) is 72.6 Å². The van der Waals surface area contributed by atoms with Crippen LogP contribution in [0.2, 0.25) is 5.02 Å². The summed E-state index contributed by atoms with van der Waals surface area (Å²) in [6, 6.07) is 28.6. The topological polar surface area (TPSA) is 96.5 Å². The van der Waals surface area contributed by atoms with Crippen molar-refractivity contribution >= 4 is 58.5 Å². The first kappa shape index (κ1) is 31.4. The van der Waals surface area contributed by atoms with Crippen LogP contribution in [0.1, 0.15) is 34.8 Å². The summed E-state index contributed by atoms with van der Waals surface area (Å²) >= 11 is 7.59. The van der Waals surface area contributed by atoms with Crippen LogP contribution in [0.4, 0.5) is 11.4 Å². The number of carbonyl (C=O) groups excluding carboxylic acids is 3. The van der Waals surface area contributed by atoms with Crippen LogP contribution in [0.15, 0.2) is 108 Å². The zero-order chi connectivity index (χ0) is 30.8. The summed E-state index contributed by atoms with van der Waals surface area (Å²) in [6.07, 6.45) is 2.21. The van der Waals surface area contributed by atoms with Crippen LogP contribution in [0.5, 0.6) is 5.75 Å². The first-order valence-electron chi connectivity index (χ1n) is 13.6. The van der Waals surface area contributed by atoms with Crippen molar-refractivity contribution in [1.29, 1.82) is 0 Å². The molecule has 43 heavy (non-hydrogen) atoms. The SMILES string of the molecule is CCC(Sc1cccc(NC(=O)/C(=C/c2ccc(C)cc2)NC(=O)c2ccccc2)c1)C(=O)Nc1ccc(OC)c(Cl)c1. The van der Waals surface area contributed by atoms with Crippen molar-refractivity contribution in [1.82, 2.24) is 5.32 Å². The minimum Gasteiger partial charge on any atom is -0.495 e. The van der Waals surface area contributed by atoms with Crippen LogP contribution in [0, 0.1) is 6.92 Å². The zero-order valence-corrected chi connectivity index (χ0v) is 25.6. The Hall–Kier alpha value is -4.53. The largest absolute Gasteiger partial charge is 0.495 e. The van der Waals surface area contributed by atoms with Crippen molar-refractivity contribution < 1.29 is 19.1 Å². The second kappa shape index (κ2) is 15.1. The summed E-state index contributed by atoms with van der Waals surface area (Å²) < 4.78 is 5.18. The van der Waals surface area contributed by atoms with Gasteiger partial charge in [-0.2, -0.15) is 0 Å². The van der Waals surface area contributed by atoms with Crippen LogP contribution in [0.25, 0.3) is 6.08 Å². The van der Waals surface area contributed by atoms with E-state index in [1.807, 2.05) is 50.2 Å². The maximum atomic E-state index is 13.4. The normalized spacial score (nSPS) is 11.8. The number of benzene rings is 4. The Morgan fingerprint density at radius 3 is 2.28 bits per heavy atom. The molecule has 1 atom stereocenters. The van der Waals surface area contributed by atoms with E-state index in [1.54, 1.807) is 66.7 Å². The van der Waals surface area contributed by atoms with Crippen LogP contribution >= 0.6 is 23.4 Å². The van der Waals surface area contributed by atoms with E-state index in [2.05, 4.69) is 16.0 Å². The lowest BCUT2D eigenvalue weighted by atomic mass is 10.1. The molecule has 0 aliphatic heterocycles. The molecule has 0 fully saturated rings. The highest BCUT2D eigenvalue weighted by molar-refractivity contribution is 8.00. The first-order valence-corrected chi connectivity index (χ1v) is 14.9. The second-order valence-electron chi connectivity index (χ2n) is 9.62. The average molecular weight is 614 g/mol. The molecule has 0 radical (unpaired) electrons. The van der Waals surface area contributed by atoms with Crippen molar-refractivity contribution in [3.63, 3.8) is 0 Å². The van der Waals surface area contributed by atoms with Gasteiger partial charge in [0.25, 0.3) is 11.8 Å². The Labute approximate surface area is 260 Å². The summed E-state index contributed by atoms with van der Waals surface area (Å²) in [7, 11) is 1.53. The minimum atomic E-state index is -0.479. The number of hydrogen-bond acceptors (Lipinski definition) is 5. The number of halogens is 1. The van der Waals surface area contributed by atoms with Crippen LogP contribution < -0.4 is 20.7 Å². The van der Waals surface area contributed by atoms with E-state index in [1.165, 1.54) is 18.9 Å². The highest BCUT2D eigenvalue weighted by Gasteiger charge is 2.20. The average Bonchev–Trinajstić information content (AvgIpc) is 3.01. The van der Waals surface area contributed by atoms with Gasteiger partial charge in [-0.25, -0.2) is 0 Å². The monoisotopic (exact) mass is 613 g/mol. The Kier molecular flexibility index (Phi) is 11.0. The standard InChI is InChI=1S/C34H32ClN3O4S/c1-4-31(34(41)37-26-17-18-30(42-3)28(35)21-26)43-27-12-8-11-25(20-27)36-33(40)29(19-23-15-13-22(2)14-16-23)38-32(39)24-9-6-5-7-10-24/h5-21,31H,4H2,1-3H3,(H,36,40)(H,37,41)(H,38,39)/b29-19-. The number of amides is 3. The fraction of sp³-hybridized carbons (Fsp3) is 0.147. The van der Waals surface area contributed by atoms with Crippen molar-refractivity contribution in [3.8, 4) is 5.75 Å². The maximum absolute atomic E-state index is 13.4. The fourth-order valence-electron chi connectivity index (χ4n) is 4.07. The molecule has 0 heterocycles. The molecular weight excluding hydrogens is 582 g/mol. The highest BCUT2D eigenvalue weighted by atomic mass is 35.5. The maximum Gasteiger partial charge on any atom is 0.272 e. The molecule has 3 amide bonds. The Balaban J connectivity index is 1.48. The van der Waals surface area contributed by atoms with Crippen molar-refractivity contribution in [2.75, 3.05) is 17.7 Å². The van der Waals surface area contributed by atoms with Gasteiger partial charge in [0, 0.05) is 21.8 Å². The van der Waals surface area contributed by atoms with Crippen molar-refractivity contribution in [2.45, 2.75) is 30.4 Å². The summed E-state index contributed by atoms with van der Waals surface area (Å²) in [5.74, 6) is -0.520. The van der Waals surface area contributed by atoms with Gasteiger partial charge in [0.2, 0.25) is 5.91 Å². The predicted octanol–water partition coefficient (Wildman–Crippen LogP) is 7.58. The lowest BCUT2D eigenvalue weighted by molar-refractivity contribution is -0.116. The molecule has 0 saturated heterocycles. The first-order chi connectivity index (χ1) is 20.7. The number of thioether (sulfide) groups is 1. The van der Waals surface area contributed by atoms with Gasteiger partial charge < -0.3 is 20.7 Å². The van der Waals surface area contributed by atoms with E-state index in [4.69, 9.17) is 16.3 Å². The molecule has 0 spiro atoms. The summed E-state index contributed by atoms with van der Waals surface area (Å²) in [5, 5.41) is 8.56.